The van der Waals surface area contributed by atoms with Crippen LogP contribution >= 0.6 is 0 Å². The van der Waals surface area contributed by atoms with E-state index in [0.29, 0.717) is 23.1 Å². The first-order valence-electron chi connectivity index (χ1n) is 8.36. The molecule has 3 rings (SSSR count). The van der Waals surface area contributed by atoms with Crippen LogP contribution in [0.15, 0.2) is 53.2 Å². The molecule has 8 heteroatoms. The molecule has 1 N–H and O–H groups in total. The average molecular weight is 366 g/mol. The third-order valence-electron chi connectivity index (χ3n) is 3.57. The minimum Gasteiger partial charge on any atom is -0.456 e. The van der Waals surface area contributed by atoms with Gasteiger partial charge in [-0.25, -0.2) is 0 Å². The van der Waals surface area contributed by atoms with Crippen LogP contribution < -0.4 is 5.32 Å². The van der Waals surface area contributed by atoms with Gasteiger partial charge in [0.25, 0.3) is 5.91 Å². The van der Waals surface area contributed by atoms with E-state index in [2.05, 4.69) is 20.4 Å². The van der Waals surface area contributed by atoms with Crippen molar-refractivity contribution in [3.8, 4) is 11.5 Å². The molecule has 0 spiro atoms. The fourth-order valence-corrected chi connectivity index (χ4v) is 2.30. The molecule has 0 fully saturated rings. The lowest BCUT2D eigenvalue weighted by Crippen LogP contribution is -2.21. The maximum absolute atomic E-state index is 11.8. The number of rotatable bonds is 7. The molecule has 0 bridgehead atoms. The minimum absolute atomic E-state index is 0.0293. The second kappa shape index (κ2) is 8.70. The van der Waals surface area contributed by atoms with E-state index >= 15 is 0 Å². The van der Waals surface area contributed by atoms with E-state index in [1.54, 1.807) is 24.4 Å². The van der Waals surface area contributed by atoms with Crippen LogP contribution in [0.3, 0.4) is 0 Å². The Hall–Kier alpha value is -3.55. The quantitative estimate of drug-likeness (QED) is 0.640. The van der Waals surface area contributed by atoms with Crippen LogP contribution in [0.1, 0.15) is 17.9 Å². The molecule has 1 amide bonds. The van der Waals surface area contributed by atoms with Gasteiger partial charge in [0.15, 0.2) is 6.61 Å². The number of esters is 1. The molecule has 3 aromatic rings. The number of hydrogen-bond donors (Lipinski definition) is 1. The van der Waals surface area contributed by atoms with Crippen molar-refractivity contribution in [2.45, 2.75) is 19.8 Å². The van der Waals surface area contributed by atoms with Gasteiger partial charge in [-0.3, -0.25) is 14.6 Å². The number of amides is 1. The molecule has 2 aromatic heterocycles. The number of nitrogens with one attached hydrogen (secondary N) is 1. The number of benzene rings is 1. The molecule has 0 saturated heterocycles. The van der Waals surface area contributed by atoms with Crippen LogP contribution in [0.4, 0.5) is 5.69 Å². The Labute approximate surface area is 155 Å². The molecule has 0 aliphatic carbocycles. The molecule has 8 nitrogen and oxygen atoms in total. The average Bonchev–Trinajstić information content (AvgIpc) is 3.14. The Balaban J connectivity index is 1.42. The molecule has 0 saturated carbocycles. The van der Waals surface area contributed by atoms with Crippen LogP contribution in [0.25, 0.3) is 11.5 Å². The standard InChI is InChI=1S/C19H18N4O4/c1-13-5-4-6-14(11-13)21-16(24)12-26-18(25)9-8-17-22-19(23-27-17)15-7-2-3-10-20-15/h2-7,10-11H,8-9,12H2,1H3,(H,21,24). The van der Waals surface area contributed by atoms with E-state index in [9.17, 15) is 9.59 Å². The summed E-state index contributed by atoms with van der Waals surface area (Å²) in [4.78, 5) is 31.9. The summed E-state index contributed by atoms with van der Waals surface area (Å²) in [6.07, 6.45) is 1.88. The number of aryl methyl sites for hydroxylation is 2. The van der Waals surface area contributed by atoms with Crippen molar-refractivity contribution in [1.82, 2.24) is 15.1 Å². The minimum atomic E-state index is -0.521. The zero-order valence-corrected chi connectivity index (χ0v) is 14.7. The highest BCUT2D eigenvalue weighted by Crippen LogP contribution is 2.13. The molecule has 0 atom stereocenters. The molecular weight excluding hydrogens is 348 g/mol. The Morgan fingerprint density at radius 2 is 2.07 bits per heavy atom. The smallest absolute Gasteiger partial charge is 0.306 e. The summed E-state index contributed by atoms with van der Waals surface area (Å²) in [6, 6.07) is 12.7. The number of hydrogen-bond acceptors (Lipinski definition) is 7. The summed E-state index contributed by atoms with van der Waals surface area (Å²) in [6.45, 7) is 1.57. The van der Waals surface area contributed by atoms with Gasteiger partial charge in [-0.1, -0.05) is 23.4 Å². The van der Waals surface area contributed by atoms with Gasteiger partial charge in [0.1, 0.15) is 5.69 Å². The van der Waals surface area contributed by atoms with Crippen molar-refractivity contribution in [1.29, 1.82) is 0 Å². The van der Waals surface area contributed by atoms with Gasteiger partial charge in [-0.2, -0.15) is 4.98 Å². The van der Waals surface area contributed by atoms with Crippen LogP contribution in [-0.4, -0.2) is 33.6 Å². The van der Waals surface area contributed by atoms with Crippen molar-refractivity contribution in [2.24, 2.45) is 0 Å². The molecule has 27 heavy (non-hydrogen) atoms. The largest absolute Gasteiger partial charge is 0.456 e. The summed E-state index contributed by atoms with van der Waals surface area (Å²) in [5.41, 5.74) is 2.27. The van der Waals surface area contributed by atoms with E-state index in [0.717, 1.165) is 5.56 Å². The van der Waals surface area contributed by atoms with Crippen molar-refractivity contribution in [2.75, 3.05) is 11.9 Å². The Kier molecular flexibility index (Phi) is 5.88. The molecule has 138 valence electrons. The van der Waals surface area contributed by atoms with Crippen molar-refractivity contribution < 1.29 is 18.8 Å². The molecule has 0 radical (unpaired) electrons. The van der Waals surface area contributed by atoms with Crippen LogP contribution in [0, 0.1) is 6.92 Å². The van der Waals surface area contributed by atoms with Crippen molar-refractivity contribution in [3.05, 3.63) is 60.1 Å². The second-order valence-corrected chi connectivity index (χ2v) is 5.81. The lowest BCUT2D eigenvalue weighted by atomic mass is 10.2. The summed E-state index contributed by atoms with van der Waals surface area (Å²) >= 11 is 0. The zero-order chi connectivity index (χ0) is 19.1. The van der Waals surface area contributed by atoms with E-state index in [4.69, 9.17) is 9.26 Å². The van der Waals surface area contributed by atoms with Gasteiger partial charge >= 0.3 is 5.97 Å². The van der Waals surface area contributed by atoms with Crippen LogP contribution in [-0.2, 0) is 20.7 Å². The van der Waals surface area contributed by atoms with Gasteiger partial charge in [-0.05, 0) is 36.8 Å². The molecular formula is C19H18N4O4. The fraction of sp³-hybridized carbons (Fsp3) is 0.211. The molecule has 0 aliphatic rings. The van der Waals surface area contributed by atoms with Gasteiger partial charge in [0.2, 0.25) is 11.7 Å². The first-order valence-corrected chi connectivity index (χ1v) is 8.36. The van der Waals surface area contributed by atoms with Crippen molar-refractivity contribution in [3.63, 3.8) is 0 Å². The number of ether oxygens (including phenoxy) is 1. The van der Waals surface area contributed by atoms with Crippen LogP contribution in [0.2, 0.25) is 0 Å². The number of nitrogens with zero attached hydrogens (tertiary/aromatic N) is 3. The van der Waals surface area contributed by atoms with Gasteiger partial charge in [-0.15, -0.1) is 0 Å². The maximum Gasteiger partial charge on any atom is 0.306 e. The normalized spacial score (nSPS) is 10.4. The molecule has 2 heterocycles. The highest BCUT2D eigenvalue weighted by Gasteiger charge is 2.13. The Morgan fingerprint density at radius 1 is 1.19 bits per heavy atom. The summed E-state index contributed by atoms with van der Waals surface area (Å²) in [5, 5.41) is 6.50. The number of carbonyl (C=O) groups is 2. The predicted octanol–water partition coefficient (Wildman–Crippen LogP) is 2.55. The fourth-order valence-electron chi connectivity index (χ4n) is 2.30. The number of pyridine rings is 1. The van der Waals surface area contributed by atoms with Gasteiger partial charge in [0, 0.05) is 18.3 Å². The molecule has 1 aromatic carbocycles. The van der Waals surface area contributed by atoms with Gasteiger partial charge in [0.05, 0.1) is 6.42 Å². The maximum atomic E-state index is 11.8. The van der Waals surface area contributed by atoms with Gasteiger partial charge < -0.3 is 14.6 Å². The molecule has 0 unspecified atom stereocenters. The predicted molar refractivity (Wildman–Crippen MR) is 96.6 cm³/mol. The Bertz CT molecular complexity index is 924. The number of anilines is 1. The third-order valence-corrected chi connectivity index (χ3v) is 3.57. The Morgan fingerprint density at radius 3 is 2.85 bits per heavy atom. The first-order chi connectivity index (χ1) is 13.1. The summed E-state index contributed by atoms with van der Waals surface area (Å²) in [5.74, 6) is -0.260. The summed E-state index contributed by atoms with van der Waals surface area (Å²) < 4.78 is 10.1. The lowest BCUT2D eigenvalue weighted by Gasteiger charge is -2.06. The summed E-state index contributed by atoms with van der Waals surface area (Å²) in [7, 11) is 0. The highest BCUT2D eigenvalue weighted by molar-refractivity contribution is 5.92. The van der Waals surface area contributed by atoms with E-state index in [-0.39, 0.29) is 19.4 Å². The molecule has 0 aliphatic heterocycles. The second-order valence-electron chi connectivity index (χ2n) is 5.81. The number of carbonyl (C=O) groups excluding carboxylic acids is 2. The van der Waals surface area contributed by atoms with E-state index in [1.165, 1.54) is 0 Å². The van der Waals surface area contributed by atoms with E-state index in [1.807, 2.05) is 31.2 Å². The lowest BCUT2D eigenvalue weighted by molar-refractivity contribution is -0.147. The monoisotopic (exact) mass is 366 g/mol. The third kappa shape index (κ3) is 5.46. The topological polar surface area (TPSA) is 107 Å². The SMILES string of the molecule is Cc1cccc(NC(=O)COC(=O)CCc2nc(-c3ccccn3)no2)c1. The number of aromatic nitrogens is 3. The van der Waals surface area contributed by atoms with E-state index < -0.39 is 11.9 Å². The first kappa shape index (κ1) is 18.2. The zero-order valence-electron chi connectivity index (χ0n) is 14.7. The highest BCUT2D eigenvalue weighted by atomic mass is 16.5. The van der Waals surface area contributed by atoms with Crippen LogP contribution in [0.5, 0.6) is 0 Å². The van der Waals surface area contributed by atoms with Crippen molar-refractivity contribution >= 4 is 17.6 Å².